The first-order valence-electron chi connectivity index (χ1n) is 6.09. The Hall–Kier alpha value is -2.08. The monoisotopic (exact) mass is 294 g/mol. The number of anilines is 2. The van der Waals surface area contributed by atoms with Crippen molar-refractivity contribution in [2.75, 3.05) is 16.6 Å². The van der Waals surface area contributed by atoms with Gasteiger partial charge in [0.2, 0.25) is 0 Å². The zero-order chi connectivity index (χ0) is 14.8. The molecule has 2 aromatic rings. The molecule has 2 aromatic carbocycles. The minimum Gasteiger partial charge on any atom is -0.399 e. The number of rotatable bonds is 4. The Kier molecular flexibility index (Phi) is 3.94. The first-order chi connectivity index (χ1) is 9.45. The van der Waals surface area contributed by atoms with Crippen LogP contribution < -0.4 is 10.0 Å². The summed E-state index contributed by atoms with van der Waals surface area (Å²) in [4.78, 5) is 0.0533. The van der Waals surface area contributed by atoms with E-state index in [0.717, 1.165) is 12.1 Å². The normalized spacial score (nSPS) is 11.3. The number of hydrogen-bond donors (Lipinski definition) is 1. The van der Waals surface area contributed by atoms with Gasteiger partial charge in [0.1, 0.15) is 5.82 Å². The summed E-state index contributed by atoms with van der Waals surface area (Å²) in [7, 11) is -3.71. The van der Waals surface area contributed by atoms with Crippen molar-refractivity contribution in [1.29, 1.82) is 0 Å². The molecule has 0 aliphatic carbocycles. The summed E-state index contributed by atoms with van der Waals surface area (Å²) in [5.41, 5.74) is 6.67. The fraction of sp³-hybridized carbons (Fsp3) is 0.143. The highest BCUT2D eigenvalue weighted by molar-refractivity contribution is 7.92. The molecule has 0 aromatic heterocycles. The van der Waals surface area contributed by atoms with Crippen LogP contribution in [0.15, 0.2) is 53.4 Å². The average Bonchev–Trinajstić information content (AvgIpc) is 2.42. The molecule has 0 aliphatic rings. The molecule has 0 amide bonds. The highest BCUT2D eigenvalue weighted by atomic mass is 32.2. The smallest absolute Gasteiger partial charge is 0.264 e. The highest BCUT2D eigenvalue weighted by Gasteiger charge is 2.23. The average molecular weight is 294 g/mol. The lowest BCUT2D eigenvalue weighted by atomic mass is 10.3. The number of halogens is 1. The Bertz CT molecular complexity index is 682. The van der Waals surface area contributed by atoms with Gasteiger partial charge in [-0.3, -0.25) is 4.31 Å². The lowest BCUT2D eigenvalue weighted by Crippen LogP contribution is -2.30. The fourth-order valence-corrected chi connectivity index (χ4v) is 3.34. The lowest BCUT2D eigenvalue weighted by molar-refractivity contribution is 0.590. The maximum atomic E-state index is 12.9. The molecule has 20 heavy (non-hydrogen) atoms. The van der Waals surface area contributed by atoms with Gasteiger partial charge < -0.3 is 5.73 Å². The van der Waals surface area contributed by atoms with E-state index >= 15 is 0 Å². The molecule has 0 heterocycles. The first-order valence-corrected chi connectivity index (χ1v) is 7.53. The van der Waals surface area contributed by atoms with Crippen molar-refractivity contribution in [2.45, 2.75) is 11.8 Å². The van der Waals surface area contributed by atoms with Crippen LogP contribution in [0.4, 0.5) is 15.8 Å². The predicted molar refractivity (Wildman–Crippen MR) is 77.5 cm³/mol. The maximum absolute atomic E-state index is 12.9. The quantitative estimate of drug-likeness (QED) is 0.882. The van der Waals surface area contributed by atoms with Crippen molar-refractivity contribution in [3.8, 4) is 0 Å². The Morgan fingerprint density at radius 2 is 1.60 bits per heavy atom. The van der Waals surface area contributed by atoms with Gasteiger partial charge in [-0.05, 0) is 55.5 Å². The van der Waals surface area contributed by atoms with Crippen molar-refractivity contribution >= 4 is 21.4 Å². The number of benzene rings is 2. The summed E-state index contributed by atoms with van der Waals surface area (Å²) in [6, 6.07) is 11.3. The van der Waals surface area contributed by atoms with E-state index in [0.29, 0.717) is 11.4 Å². The number of hydrogen-bond acceptors (Lipinski definition) is 3. The van der Waals surface area contributed by atoms with Crippen molar-refractivity contribution in [3.63, 3.8) is 0 Å². The molecular formula is C14H15FN2O2S. The van der Waals surface area contributed by atoms with E-state index in [4.69, 9.17) is 5.73 Å². The predicted octanol–water partition coefficient (Wildman–Crippen LogP) is 2.62. The summed E-state index contributed by atoms with van der Waals surface area (Å²) >= 11 is 0. The molecule has 0 saturated carbocycles. The van der Waals surface area contributed by atoms with Crippen molar-refractivity contribution in [2.24, 2.45) is 0 Å². The molecule has 106 valence electrons. The Morgan fingerprint density at radius 1 is 1.05 bits per heavy atom. The van der Waals surface area contributed by atoms with E-state index in [1.807, 2.05) is 0 Å². The molecule has 0 unspecified atom stereocenters. The van der Waals surface area contributed by atoms with Crippen LogP contribution in [0.2, 0.25) is 0 Å². The molecule has 2 N–H and O–H groups in total. The van der Waals surface area contributed by atoms with Crippen molar-refractivity contribution in [1.82, 2.24) is 0 Å². The van der Waals surface area contributed by atoms with Gasteiger partial charge in [-0.15, -0.1) is 0 Å². The SMILES string of the molecule is CCN(c1ccc(N)cc1)S(=O)(=O)c1ccc(F)cc1. The van der Waals surface area contributed by atoms with Gasteiger partial charge >= 0.3 is 0 Å². The van der Waals surface area contributed by atoms with Crippen LogP contribution in [-0.2, 0) is 10.0 Å². The standard InChI is InChI=1S/C14H15FN2O2S/c1-2-17(13-7-5-12(16)6-8-13)20(18,19)14-9-3-11(15)4-10-14/h3-10H,2,16H2,1H3. The minimum absolute atomic E-state index is 0.0533. The third-order valence-corrected chi connectivity index (χ3v) is 4.79. The molecular weight excluding hydrogens is 279 g/mol. The summed E-state index contributed by atoms with van der Waals surface area (Å²) in [5.74, 6) is -0.473. The fourth-order valence-electron chi connectivity index (χ4n) is 1.87. The maximum Gasteiger partial charge on any atom is 0.264 e. The van der Waals surface area contributed by atoms with Crippen LogP contribution in [-0.4, -0.2) is 15.0 Å². The number of sulfonamides is 1. The Balaban J connectivity index is 2.44. The Morgan fingerprint density at radius 3 is 2.10 bits per heavy atom. The van der Waals surface area contributed by atoms with Gasteiger partial charge in [0.05, 0.1) is 10.6 Å². The number of nitrogens with zero attached hydrogens (tertiary/aromatic N) is 1. The largest absolute Gasteiger partial charge is 0.399 e. The second kappa shape index (κ2) is 5.50. The second-order valence-corrected chi connectivity index (χ2v) is 6.08. The topological polar surface area (TPSA) is 63.4 Å². The lowest BCUT2D eigenvalue weighted by Gasteiger charge is -2.23. The number of nitrogen functional groups attached to an aromatic ring is 1. The van der Waals surface area contributed by atoms with Gasteiger partial charge in [-0.2, -0.15) is 0 Å². The molecule has 0 atom stereocenters. The van der Waals surface area contributed by atoms with E-state index < -0.39 is 15.8 Å². The zero-order valence-electron chi connectivity index (χ0n) is 11.0. The van der Waals surface area contributed by atoms with Crippen LogP contribution in [0.3, 0.4) is 0 Å². The summed E-state index contributed by atoms with van der Waals surface area (Å²) in [6.45, 7) is 2.00. The molecule has 0 fully saturated rings. The van der Waals surface area contributed by atoms with E-state index in [-0.39, 0.29) is 11.4 Å². The van der Waals surface area contributed by atoms with Gasteiger partial charge in [0.25, 0.3) is 10.0 Å². The van der Waals surface area contributed by atoms with Crippen LogP contribution >= 0.6 is 0 Å². The number of nitrogens with two attached hydrogens (primary N) is 1. The van der Waals surface area contributed by atoms with Crippen LogP contribution in [0, 0.1) is 5.82 Å². The van der Waals surface area contributed by atoms with Crippen LogP contribution in [0.1, 0.15) is 6.92 Å². The van der Waals surface area contributed by atoms with Crippen molar-refractivity contribution < 1.29 is 12.8 Å². The van der Waals surface area contributed by atoms with Crippen LogP contribution in [0.25, 0.3) is 0 Å². The third-order valence-electron chi connectivity index (χ3n) is 2.87. The molecule has 6 heteroatoms. The van der Waals surface area contributed by atoms with E-state index in [1.54, 1.807) is 31.2 Å². The minimum atomic E-state index is -3.71. The van der Waals surface area contributed by atoms with Crippen LogP contribution in [0.5, 0.6) is 0 Å². The summed E-state index contributed by atoms with van der Waals surface area (Å²) in [5, 5.41) is 0. The summed E-state index contributed by atoms with van der Waals surface area (Å²) < 4.78 is 39.2. The molecule has 0 saturated heterocycles. The molecule has 2 rings (SSSR count). The second-order valence-electron chi connectivity index (χ2n) is 4.22. The first kappa shape index (κ1) is 14.3. The van der Waals surface area contributed by atoms with E-state index in [2.05, 4.69) is 0 Å². The van der Waals surface area contributed by atoms with E-state index in [9.17, 15) is 12.8 Å². The molecule has 0 radical (unpaired) electrons. The van der Waals surface area contributed by atoms with Gasteiger partial charge in [-0.1, -0.05) is 0 Å². The van der Waals surface area contributed by atoms with Gasteiger partial charge in [0.15, 0.2) is 0 Å². The Labute approximate surface area is 117 Å². The molecule has 0 aliphatic heterocycles. The highest BCUT2D eigenvalue weighted by Crippen LogP contribution is 2.24. The molecule has 4 nitrogen and oxygen atoms in total. The summed E-state index contributed by atoms with van der Waals surface area (Å²) in [6.07, 6.45) is 0. The van der Waals surface area contributed by atoms with Gasteiger partial charge in [0, 0.05) is 12.2 Å². The van der Waals surface area contributed by atoms with Crippen molar-refractivity contribution in [3.05, 3.63) is 54.3 Å². The van der Waals surface area contributed by atoms with E-state index in [1.165, 1.54) is 16.4 Å². The molecule has 0 spiro atoms. The molecule has 0 bridgehead atoms. The third kappa shape index (κ3) is 2.75. The van der Waals surface area contributed by atoms with Gasteiger partial charge in [-0.25, -0.2) is 12.8 Å². The zero-order valence-corrected chi connectivity index (χ0v) is 11.8.